The normalized spacial score (nSPS) is 16.8. The summed E-state index contributed by atoms with van der Waals surface area (Å²) in [4.78, 5) is 43.7. The molecule has 2 amide bonds. The van der Waals surface area contributed by atoms with Gasteiger partial charge in [0.05, 0.1) is 18.2 Å². The fourth-order valence-corrected chi connectivity index (χ4v) is 4.21. The highest BCUT2D eigenvalue weighted by atomic mass is 16.5. The summed E-state index contributed by atoms with van der Waals surface area (Å²) in [5.41, 5.74) is 2.58. The number of benzene rings is 2. The first-order chi connectivity index (χ1) is 17.3. The van der Waals surface area contributed by atoms with Crippen molar-refractivity contribution in [3.63, 3.8) is 0 Å². The Labute approximate surface area is 209 Å². The van der Waals surface area contributed by atoms with Crippen molar-refractivity contribution in [2.75, 3.05) is 16.8 Å². The molecule has 1 aromatic heterocycles. The zero-order valence-corrected chi connectivity index (χ0v) is 20.3. The molecule has 0 saturated carbocycles. The molecule has 36 heavy (non-hydrogen) atoms. The summed E-state index contributed by atoms with van der Waals surface area (Å²) in [5.74, 6) is -1.46. The van der Waals surface area contributed by atoms with Gasteiger partial charge < -0.3 is 15.2 Å². The predicted molar refractivity (Wildman–Crippen MR) is 137 cm³/mol. The Bertz CT molecular complexity index is 1350. The molecule has 2 N–H and O–H groups in total. The number of hydrogen-bond acceptors (Lipinski definition) is 6. The van der Waals surface area contributed by atoms with Gasteiger partial charge in [0.15, 0.2) is 0 Å². The van der Waals surface area contributed by atoms with Crippen LogP contribution in [0, 0.1) is 6.92 Å². The number of ketones is 1. The maximum atomic E-state index is 13.3. The summed E-state index contributed by atoms with van der Waals surface area (Å²) in [7, 11) is 0. The van der Waals surface area contributed by atoms with Crippen molar-refractivity contribution in [2.24, 2.45) is 0 Å². The highest BCUT2D eigenvalue weighted by Gasteiger charge is 2.47. The van der Waals surface area contributed by atoms with Crippen LogP contribution in [0.15, 0.2) is 72.6 Å². The van der Waals surface area contributed by atoms with E-state index in [4.69, 9.17) is 4.74 Å². The molecule has 0 aliphatic carbocycles. The highest BCUT2D eigenvalue weighted by Crippen LogP contribution is 2.42. The van der Waals surface area contributed by atoms with E-state index in [9.17, 15) is 19.5 Å². The number of carbonyl (C=O) groups is 3. The van der Waals surface area contributed by atoms with Crippen LogP contribution < -0.4 is 15.0 Å². The first-order valence-corrected chi connectivity index (χ1v) is 11.6. The van der Waals surface area contributed by atoms with E-state index in [0.717, 1.165) is 12.0 Å². The fraction of sp³-hybridized carbons (Fsp3) is 0.214. The predicted octanol–water partition coefficient (Wildman–Crippen LogP) is 4.76. The lowest BCUT2D eigenvalue weighted by Crippen LogP contribution is -2.29. The number of carbonyl (C=O) groups excluding carboxylic acids is 3. The first-order valence-electron chi connectivity index (χ1n) is 11.6. The average Bonchev–Trinajstić information content (AvgIpc) is 3.13. The summed E-state index contributed by atoms with van der Waals surface area (Å²) in [5, 5.41) is 14.0. The van der Waals surface area contributed by atoms with Crippen molar-refractivity contribution >= 4 is 34.7 Å². The Morgan fingerprint density at radius 2 is 1.94 bits per heavy atom. The van der Waals surface area contributed by atoms with Gasteiger partial charge in [0.1, 0.15) is 11.5 Å². The molecule has 1 saturated heterocycles. The van der Waals surface area contributed by atoms with Crippen molar-refractivity contribution in [1.82, 2.24) is 4.98 Å². The van der Waals surface area contributed by atoms with Crippen molar-refractivity contribution < 1.29 is 24.2 Å². The minimum atomic E-state index is -0.914. The van der Waals surface area contributed by atoms with E-state index in [2.05, 4.69) is 10.3 Å². The molecule has 2 heterocycles. The lowest BCUT2D eigenvalue weighted by Gasteiger charge is -2.25. The van der Waals surface area contributed by atoms with Crippen LogP contribution in [0.1, 0.15) is 43.0 Å². The van der Waals surface area contributed by atoms with Crippen LogP contribution in [-0.2, 0) is 14.4 Å². The van der Waals surface area contributed by atoms with Crippen LogP contribution >= 0.6 is 0 Å². The second kappa shape index (κ2) is 10.4. The number of aromatic nitrogens is 1. The molecule has 0 spiro atoms. The third kappa shape index (κ3) is 4.84. The van der Waals surface area contributed by atoms with Crippen molar-refractivity contribution in [3.8, 4) is 5.75 Å². The van der Waals surface area contributed by atoms with E-state index >= 15 is 0 Å². The summed E-state index contributed by atoms with van der Waals surface area (Å²) in [6.07, 6.45) is 4.01. The standard InChI is InChI=1S/C28H27N3O5/c1-4-13-36-23-11-10-19(14-17(23)2)26(33)24-25(20-7-6-12-29-16-20)31(28(35)27(24)34)22-9-5-8-21(15-22)30-18(3)32/h5-12,14-16,25,33H,4,13H2,1-3H3,(H,30,32)/b26-24+. The number of hydrogen-bond donors (Lipinski definition) is 2. The molecule has 184 valence electrons. The molecule has 3 aromatic rings. The fourth-order valence-electron chi connectivity index (χ4n) is 4.21. The lowest BCUT2D eigenvalue weighted by atomic mass is 9.95. The number of anilines is 2. The van der Waals surface area contributed by atoms with Gasteiger partial charge >= 0.3 is 0 Å². The number of amides is 2. The van der Waals surface area contributed by atoms with Gasteiger partial charge in [-0.2, -0.15) is 0 Å². The molecule has 4 rings (SSSR count). The Morgan fingerprint density at radius 1 is 1.14 bits per heavy atom. The largest absolute Gasteiger partial charge is 0.507 e. The maximum Gasteiger partial charge on any atom is 0.300 e. The molecule has 1 aliphatic rings. The van der Waals surface area contributed by atoms with Crippen LogP contribution in [0.2, 0.25) is 0 Å². The second-order valence-electron chi connectivity index (χ2n) is 8.52. The van der Waals surface area contributed by atoms with Crippen LogP contribution in [0.5, 0.6) is 5.75 Å². The van der Waals surface area contributed by atoms with Crippen LogP contribution in [0.25, 0.3) is 5.76 Å². The number of nitrogens with zero attached hydrogens (tertiary/aromatic N) is 2. The molecule has 1 unspecified atom stereocenters. The smallest absolute Gasteiger partial charge is 0.300 e. The quantitative estimate of drug-likeness (QED) is 0.284. The first kappa shape index (κ1) is 24.7. The number of pyridine rings is 1. The molecule has 8 heteroatoms. The Kier molecular flexibility index (Phi) is 7.15. The number of aryl methyl sites for hydroxylation is 1. The van der Waals surface area contributed by atoms with E-state index in [0.29, 0.717) is 34.9 Å². The van der Waals surface area contributed by atoms with Gasteiger partial charge in [0.25, 0.3) is 11.7 Å². The van der Waals surface area contributed by atoms with E-state index in [1.54, 1.807) is 67.0 Å². The monoisotopic (exact) mass is 485 g/mol. The number of Topliss-reactive ketones (excluding diaryl/α,β-unsaturated/α-hetero) is 1. The third-order valence-corrected chi connectivity index (χ3v) is 5.80. The van der Waals surface area contributed by atoms with Gasteiger partial charge in [0, 0.05) is 36.3 Å². The number of aliphatic hydroxyl groups excluding tert-OH is 1. The minimum Gasteiger partial charge on any atom is -0.507 e. The summed E-state index contributed by atoms with van der Waals surface area (Å²) in [6.45, 7) is 5.82. The molecule has 1 aliphatic heterocycles. The third-order valence-electron chi connectivity index (χ3n) is 5.80. The topological polar surface area (TPSA) is 109 Å². The number of rotatable bonds is 7. The highest BCUT2D eigenvalue weighted by molar-refractivity contribution is 6.51. The van der Waals surface area contributed by atoms with Crippen LogP contribution in [-0.4, -0.2) is 34.3 Å². The van der Waals surface area contributed by atoms with Gasteiger partial charge in [-0.25, -0.2) is 0 Å². The van der Waals surface area contributed by atoms with Crippen molar-refractivity contribution in [2.45, 2.75) is 33.2 Å². The van der Waals surface area contributed by atoms with Gasteiger partial charge in [-0.3, -0.25) is 24.3 Å². The van der Waals surface area contributed by atoms with Gasteiger partial charge in [0.2, 0.25) is 5.91 Å². The molecule has 1 fully saturated rings. The second-order valence-corrected chi connectivity index (χ2v) is 8.52. The average molecular weight is 486 g/mol. The zero-order valence-electron chi connectivity index (χ0n) is 20.3. The van der Waals surface area contributed by atoms with E-state index < -0.39 is 17.7 Å². The maximum absolute atomic E-state index is 13.3. The summed E-state index contributed by atoms with van der Waals surface area (Å²) >= 11 is 0. The zero-order chi connectivity index (χ0) is 25.8. The molecule has 8 nitrogen and oxygen atoms in total. The Balaban J connectivity index is 1.85. The summed E-state index contributed by atoms with van der Waals surface area (Å²) < 4.78 is 5.72. The van der Waals surface area contributed by atoms with Gasteiger partial charge in [-0.15, -0.1) is 0 Å². The molecule has 0 bridgehead atoms. The van der Waals surface area contributed by atoms with E-state index in [1.165, 1.54) is 11.8 Å². The lowest BCUT2D eigenvalue weighted by molar-refractivity contribution is -0.132. The molecule has 2 aromatic carbocycles. The van der Waals surface area contributed by atoms with E-state index in [1.807, 2.05) is 13.8 Å². The van der Waals surface area contributed by atoms with E-state index in [-0.39, 0.29) is 17.2 Å². The van der Waals surface area contributed by atoms with Crippen LogP contribution in [0.4, 0.5) is 11.4 Å². The molecule has 0 radical (unpaired) electrons. The number of aliphatic hydroxyl groups is 1. The summed E-state index contributed by atoms with van der Waals surface area (Å²) in [6, 6.07) is 14.3. The number of nitrogens with one attached hydrogen (secondary N) is 1. The Hall–Kier alpha value is -4.46. The van der Waals surface area contributed by atoms with Crippen LogP contribution in [0.3, 0.4) is 0 Å². The SMILES string of the molecule is CCCOc1ccc(/C(O)=C2\C(=O)C(=O)N(c3cccc(NC(C)=O)c3)C2c2cccnc2)cc1C. The van der Waals surface area contributed by atoms with Crippen molar-refractivity contribution in [3.05, 3.63) is 89.3 Å². The molecular formula is C28H27N3O5. The van der Waals surface area contributed by atoms with Gasteiger partial charge in [-0.05, 0) is 66.9 Å². The van der Waals surface area contributed by atoms with Crippen molar-refractivity contribution in [1.29, 1.82) is 0 Å². The van der Waals surface area contributed by atoms with Gasteiger partial charge in [-0.1, -0.05) is 19.1 Å². The molecular weight excluding hydrogens is 458 g/mol. The number of ether oxygens (including phenoxy) is 1. The molecule has 1 atom stereocenters. The minimum absolute atomic E-state index is 0.0421. The Morgan fingerprint density at radius 3 is 2.61 bits per heavy atom.